The SMILES string of the molecule is CCC1OCCC1CNc1nnc(C)c(C)c1C(=O)O. The third-order valence-corrected chi connectivity index (χ3v) is 3.95. The zero-order valence-electron chi connectivity index (χ0n) is 12.1. The van der Waals surface area contributed by atoms with Gasteiger partial charge in [-0.15, -0.1) is 5.10 Å². The van der Waals surface area contributed by atoms with Crippen LogP contribution < -0.4 is 5.32 Å². The molecule has 1 aliphatic rings. The van der Waals surface area contributed by atoms with Crippen molar-refractivity contribution in [3.8, 4) is 0 Å². The smallest absolute Gasteiger partial charge is 0.339 e. The topological polar surface area (TPSA) is 84.3 Å². The van der Waals surface area contributed by atoms with Crippen LogP contribution in [0.4, 0.5) is 5.82 Å². The Morgan fingerprint density at radius 2 is 2.20 bits per heavy atom. The van der Waals surface area contributed by atoms with Gasteiger partial charge in [-0.1, -0.05) is 6.92 Å². The van der Waals surface area contributed by atoms with Gasteiger partial charge in [0, 0.05) is 19.1 Å². The van der Waals surface area contributed by atoms with Crippen LogP contribution in [0, 0.1) is 19.8 Å². The van der Waals surface area contributed by atoms with Crippen molar-refractivity contribution in [2.24, 2.45) is 5.92 Å². The zero-order chi connectivity index (χ0) is 14.7. The molecule has 0 amide bonds. The summed E-state index contributed by atoms with van der Waals surface area (Å²) in [5.74, 6) is -0.231. The Bertz CT molecular complexity index is 505. The fourth-order valence-corrected chi connectivity index (χ4v) is 2.60. The number of carboxylic acids is 1. The van der Waals surface area contributed by atoms with E-state index in [0.29, 0.717) is 29.5 Å². The fraction of sp³-hybridized carbons (Fsp3) is 0.643. The van der Waals surface area contributed by atoms with Crippen LogP contribution in [-0.4, -0.2) is 40.5 Å². The molecular weight excluding hydrogens is 258 g/mol. The third-order valence-electron chi connectivity index (χ3n) is 3.95. The van der Waals surface area contributed by atoms with Gasteiger partial charge < -0.3 is 15.2 Å². The van der Waals surface area contributed by atoms with Crippen molar-refractivity contribution in [2.75, 3.05) is 18.5 Å². The maximum absolute atomic E-state index is 11.4. The average Bonchev–Trinajstić information content (AvgIpc) is 2.87. The van der Waals surface area contributed by atoms with Crippen LogP contribution in [0.1, 0.15) is 41.4 Å². The second-order valence-electron chi connectivity index (χ2n) is 5.19. The summed E-state index contributed by atoms with van der Waals surface area (Å²) < 4.78 is 5.63. The van der Waals surface area contributed by atoms with Crippen LogP contribution in [-0.2, 0) is 4.74 Å². The maximum atomic E-state index is 11.4. The Morgan fingerprint density at radius 1 is 1.45 bits per heavy atom. The van der Waals surface area contributed by atoms with Crippen LogP contribution >= 0.6 is 0 Å². The molecule has 2 heterocycles. The van der Waals surface area contributed by atoms with Crippen LogP contribution in [0.2, 0.25) is 0 Å². The molecule has 1 aromatic rings. The molecule has 1 saturated heterocycles. The Balaban J connectivity index is 2.13. The first-order chi connectivity index (χ1) is 9.54. The van der Waals surface area contributed by atoms with Crippen molar-refractivity contribution >= 4 is 11.8 Å². The average molecular weight is 279 g/mol. The summed E-state index contributed by atoms with van der Waals surface area (Å²) in [5, 5.41) is 20.5. The lowest BCUT2D eigenvalue weighted by atomic mass is 9.99. The summed E-state index contributed by atoms with van der Waals surface area (Å²) in [7, 11) is 0. The standard InChI is InChI=1S/C14H21N3O3/c1-4-11-10(5-6-20-11)7-15-13-12(14(18)19)8(2)9(3)16-17-13/h10-11H,4-7H2,1-3H3,(H,15,17)(H,18,19). The summed E-state index contributed by atoms with van der Waals surface area (Å²) in [6.07, 6.45) is 2.21. The van der Waals surface area contributed by atoms with Gasteiger partial charge in [-0.05, 0) is 32.3 Å². The van der Waals surface area contributed by atoms with Crippen molar-refractivity contribution in [1.29, 1.82) is 0 Å². The summed E-state index contributed by atoms with van der Waals surface area (Å²) in [4.78, 5) is 11.4. The van der Waals surface area contributed by atoms with E-state index < -0.39 is 5.97 Å². The van der Waals surface area contributed by atoms with Gasteiger partial charge in [0.15, 0.2) is 5.82 Å². The number of hydrogen-bond acceptors (Lipinski definition) is 5. The molecule has 2 atom stereocenters. The highest BCUT2D eigenvalue weighted by Gasteiger charge is 2.27. The minimum atomic E-state index is -0.974. The van der Waals surface area contributed by atoms with Gasteiger partial charge in [-0.25, -0.2) is 4.79 Å². The van der Waals surface area contributed by atoms with Crippen molar-refractivity contribution in [2.45, 2.75) is 39.7 Å². The molecule has 1 aliphatic heterocycles. The number of anilines is 1. The Hall–Kier alpha value is -1.69. The number of carboxylic acid groups (broad SMARTS) is 1. The number of nitrogens with zero attached hydrogens (tertiary/aromatic N) is 2. The van der Waals surface area contributed by atoms with E-state index >= 15 is 0 Å². The van der Waals surface area contributed by atoms with Crippen LogP contribution in [0.3, 0.4) is 0 Å². The quantitative estimate of drug-likeness (QED) is 0.857. The normalized spacial score (nSPS) is 21.9. The van der Waals surface area contributed by atoms with Crippen molar-refractivity contribution in [3.05, 3.63) is 16.8 Å². The summed E-state index contributed by atoms with van der Waals surface area (Å²) in [6, 6.07) is 0. The van der Waals surface area contributed by atoms with E-state index in [1.807, 2.05) is 0 Å². The molecule has 0 spiro atoms. The van der Waals surface area contributed by atoms with E-state index in [4.69, 9.17) is 4.74 Å². The van der Waals surface area contributed by atoms with Gasteiger partial charge in [0.05, 0.1) is 11.8 Å². The van der Waals surface area contributed by atoms with E-state index in [1.54, 1.807) is 13.8 Å². The molecule has 6 heteroatoms. The number of hydrogen-bond donors (Lipinski definition) is 2. The van der Waals surface area contributed by atoms with E-state index in [-0.39, 0.29) is 11.7 Å². The highest BCUT2D eigenvalue weighted by molar-refractivity contribution is 5.94. The molecule has 110 valence electrons. The molecule has 0 radical (unpaired) electrons. The van der Waals surface area contributed by atoms with Gasteiger partial charge in [0.25, 0.3) is 0 Å². The molecule has 1 aromatic heterocycles. The first-order valence-electron chi connectivity index (χ1n) is 6.97. The van der Waals surface area contributed by atoms with Crippen molar-refractivity contribution in [1.82, 2.24) is 10.2 Å². The number of rotatable bonds is 5. The molecule has 0 aliphatic carbocycles. The van der Waals surface area contributed by atoms with E-state index in [2.05, 4.69) is 22.4 Å². The molecule has 0 aromatic carbocycles. The lowest BCUT2D eigenvalue weighted by molar-refractivity contribution is 0.0696. The highest BCUT2D eigenvalue weighted by Crippen LogP contribution is 2.25. The predicted octanol–water partition coefficient (Wildman–Crippen LogP) is 2.02. The van der Waals surface area contributed by atoms with Gasteiger partial charge in [-0.2, -0.15) is 5.10 Å². The van der Waals surface area contributed by atoms with Gasteiger partial charge in [0.2, 0.25) is 0 Å². The van der Waals surface area contributed by atoms with Crippen LogP contribution in [0.25, 0.3) is 0 Å². The van der Waals surface area contributed by atoms with Crippen LogP contribution in [0.5, 0.6) is 0 Å². The lowest BCUT2D eigenvalue weighted by Crippen LogP contribution is -2.24. The molecular formula is C14H21N3O3. The number of aromatic nitrogens is 2. The Kier molecular flexibility index (Phi) is 4.54. The minimum Gasteiger partial charge on any atom is -0.478 e. The Labute approximate surface area is 118 Å². The van der Waals surface area contributed by atoms with Gasteiger partial charge in [0.1, 0.15) is 5.56 Å². The highest BCUT2D eigenvalue weighted by atomic mass is 16.5. The van der Waals surface area contributed by atoms with Crippen molar-refractivity contribution < 1.29 is 14.6 Å². The molecule has 0 bridgehead atoms. The zero-order valence-corrected chi connectivity index (χ0v) is 12.1. The van der Waals surface area contributed by atoms with E-state index in [1.165, 1.54) is 0 Å². The first-order valence-corrected chi connectivity index (χ1v) is 6.97. The van der Waals surface area contributed by atoms with Crippen LogP contribution in [0.15, 0.2) is 0 Å². The molecule has 1 fully saturated rings. The van der Waals surface area contributed by atoms with Crippen molar-refractivity contribution in [3.63, 3.8) is 0 Å². The number of ether oxygens (including phenoxy) is 1. The first kappa shape index (κ1) is 14.7. The summed E-state index contributed by atoms with van der Waals surface area (Å²) in [5.41, 5.74) is 1.51. The van der Waals surface area contributed by atoms with E-state index in [9.17, 15) is 9.90 Å². The summed E-state index contributed by atoms with van der Waals surface area (Å²) >= 11 is 0. The van der Waals surface area contributed by atoms with E-state index in [0.717, 1.165) is 19.4 Å². The third kappa shape index (κ3) is 2.90. The second kappa shape index (κ2) is 6.17. The number of aromatic carboxylic acids is 1. The molecule has 2 rings (SSSR count). The maximum Gasteiger partial charge on any atom is 0.339 e. The monoisotopic (exact) mass is 279 g/mol. The lowest BCUT2D eigenvalue weighted by Gasteiger charge is -2.18. The largest absolute Gasteiger partial charge is 0.478 e. The van der Waals surface area contributed by atoms with Gasteiger partial charge >= 0.3 is 5.97 Å². The fourth-order valence-electron chi connectivity index (χ4n) is 2.60. The molecule has 6 nitrogen and oxygen atoms in total. The van der Waals surface area contributed by atoms with Gasteiger partial charge in [-0.3, -0.25) is 0 Å². The molecule has 0 saturated carbocycles. The minimum absolute atomic E-state index is 0.212. The molecule has 2 unspecified atom stereocenters. The summed E-state index contributed by atoms with van der Waals surface area (Å²) in [6.45, 7) is 7.05. The molecule has 20 heavy (non-hydrogen) atoms. The Morgan fingerprint density at radius 3 is 2.85 bits per heavy atom. The number of nitrogens with one attached hydrogen (secondary N) is 1. The number of aryl methyl sites for hydroxylation is 1. The number of carbonyl (C=O) groups is 1. The predicted molar refractivity (Wildman–Crippen MR) is 75.1 cm³/mol. The second-order valence-corrected chi connectivity index (χ2v) is 5.19. The molecule has 2 N–H and O–H groups in total.